The smallest absolute Gasteiger partial charge is 0.158 e. The molecule has 0 atom stereocenters. The second kappa shape index (κ2) is 11.1. The number of fused-ring (bicyclic) bond motifs is 1. The minimum atomic E-state index is 0.423. The Bertz CT molecular complexity index is 1280. The van der Waals surface area contributed by atoms with Gasteiger partial charge in [-0.3, -0.25) is 4.90 Å². The van der Waals surface area contributed by atoms with Gasteiger partial charge >= 0.3 is 0 Å². The summed E-state index contributed by atoms with van der Waals surface area (Å²) in [4.78, 5) is 7.20. The van der Waals surface area contributed by atoms with Crippen molar-refractivity contribution in [3.8, 4) is 0 Å². The molecule has 3 aromatic rings. The summed E-state index contributed by atoms with van der Waals surface area (Å²) in [5.41, 5.74) is 12.3. The predicted molar refractivity (Wildman–Crippen MR) is 153 cm³/mol. The highest BCUT2D eigenvalue weighted by molar-refractivity contribution is 5.93. The van der Waals surface area contributed by atoms with Crippen LogP contribution in [0.1, 0.15) is 92.7 Å². The Labute approximate surface area is 222 Å². The van der Waals surface area contributed by atoms with E-state index in [1.807, 2.05) is 4.52 Å². The zero-order valence-electron chi connectivity index (χ0n) is 23.7. The molecule has 2 fully saturated rings. The number of pyridine rings is 1. The first-order valence-corrected chi connectivity index (χ1v) is 14.4. The summed E-state index contributed by atoms with van der Waals surface area (Å²) < 4.78 is 7.43. The number of hydrogen-bond acceptors (Lipinski definition) is 4. The summed E-state index contributed by atoms with van der Waals surface area (Å²) in [7, 11) is 0. The number of likely N-dealkylation sites (tertiary alicyclic amines) is 1. The molecule has 0 radical (unpaired) electrons. The third-order valence-electron chi connectivity index (χ3n) is 8.72. The van der Waals surface area contributed by atoms with E-state index in [9.17, 15) is 0 Å². The Morgan fingerprint density at radius 1 is 1.08 bits per heavy atom. The fourth-order valence-corrected chi connectivity index (χ4v) is 6.54. The Hall–Kier alpha value is -2.50. The SMILES string of the molecule is CCC/C(=C(\c1cc(C2CCN(C3COC3)CC2)ccc1C)C(C)C)c1cn2ncnc2c(CC)c1C. The molecule has 0 aliphatic carbocycles. The van der Waals surface area contributed by atoms with Crippen LogP contribution < -0.4 is 0 Å². The predicted octanol–water partition coefficient (Wildman–Crippen LogP) is 6.85. The van der Waals surface area contributed by atoms with Crippen molar-refractivity contribution >= 4 is 16.8 Å². The van der Waals surface area contributed by atoms with Crippen LogP contribution in [0.2, 0.25) is 0 Å². The molecule has 0 amide bonds. The van der Waals surface area contributed by atoms with Crippen LogP contribution in [0.4, 0.5) is 0 Å². The van der Waals surface area contributed by atoms with Crippen molar-refractivity contribution in [2.75, 3.05) is 26.3 Å². The summed E-state index contributed by atoms with van der Waals surface area (Å²) in [6.45, 7) is 18.0. The molecule has 2 aliphatic rings. The van der Waals surface area contributed by atoms with Gasteiger partial charge < -0.3 is 4.74 Å². The standard InChI is InChI=1S/C32H44N4O/c1-7-9-28(30-17-36-32(33-20-34-36)27(8-2)23(30)6)31(21(3)4)29-16-25(11-10-22(29)5)24-12-14-35(15-13-24)26-18-37-19-26/h10-11,16-17,20-21,24,26H,7-9,12-15,18-19H2,1-6H3/b31-28+. The zero-order valence-corrected chi connectivity index (χ0v) is 23.7. The van der Waals surface area contributed by atoms with Gasteiger partial charge in [-0.2, -0.15) is 5.10 Å². The summed E-state index contributed by atoms with van der Waals surface area (Å²) in [5, 5.41) is 4.54. The third-order valence-corrected chi connectivity index (χ3v) is 8.72. The van der Waals surface area contributed by atoms with E-state index in [1.165, 1.54) is 70.5 Å². The number of aryl methyl sites for hydroxylation is 2. The van der Waals surface area contributed by atoms with E-state index in [2.05, 4.69) is 80.9 Å². The third kappa shape index (κ3) is 5.00. The topological polar surface area (TPSA) is 42.7 Å². The summed E-state index contributed by atoms with van der Waals surface area (Å²) in [5.74, 6) is 1.06. The van der Waals surface area contributed by atoms with E-state index in [-0.39, 0.29) is 0 Å². The van der Waals surface area contributed by atoms with Gasteiger partial charge in [-0.25, -0.2) is 9.50 Å². The normalized spacial score (nSPS) is 18.5. The molecule has 2 aromatic heterocycles. The maximum absolute atomic E-state index is 5.44. The quantitative estimate of drug-likeness (QED) is 0.339. The molecule has 4 heterocycles. The second-order valence-electron chi connectivity index (χ2n) is 11.4. The first kappa shape index (κ1) is 26.1. The van der Waals surface area contributed by atoms with E-state index in [4.69, 9.17) is 4.74 Å². The molecule has 2 saturated heterocycles. The molecule has 1 aromatic carbocycles. The maximum atomic E-state index is 5.44. The molecule has 2 aliphatic heterocycles. The van der Waals surface area contributed by atoms with Crippen molar-refractivity contribution in [2.45, 2.75) is 85.6 Å². The Kier molecular flexibility index (Phi) is 7.83. The lowest BCUT2D eigenvalue weighted by molar-refractivity contribution is -0.0712. The van der Waals surface area contributed by atoms with E-state index in [0.717, 1.165) is 38.1 Å². The highest BCUT2D eigenvalue weighted by atomic mass is 16.5. The maximum Gasteiger partial charge on any atom is 0.158 e. The minimum absolute atomic E-state index is 0.423. The van der Waals surface area contributed by atoms with Crippen molar-refractivity contribution in [1.29, 1.82) is 0 Å². The molecule has 5 nitrogen and oxygen atoms in total. The number of hydrogen-bond donors (Lipinski definition) is 0. The van der Waals surface area contributed by atoms with Crippen molar-refractivity contribution in [2.24, 2.45) is 5.92 Å². The number of ether oxygens (including phenoxy) is 1. The van der Waals surface area contributed by atoms with Gasteiger partial charge in [0.05, 0.1) is 19.3 Å². The number of rotatable bonds is 8. The average molecular weight is 501 g/mol. The summed E-state index contributed by atoms with van der Waals surface area (Å²) in [6, 6.07) is 7.95. The first-order valence-electron chi connectivity index (χ1n) is 14.4. The van der Waals surface area contributed by atoms with E-state index in [0.29, 0.717) is 17.9 Å². The van der Waals surface area contributed by atoms with E-state index in [1.54, 1.807) is 6.33 Å². The van der Waals surface area contributed by atoms with Gasteiger partial charge in [-0.05, 0) is 103 Å². The van der Waals surface area contributed by atoms with Crippen molar-refractivity contribution in [1.82, 2.24) is 19.5 Å². The molecule has 0 saturated carbocycles. The van der Waals surface area contributed by atoms with Gasteiger partial charge in [-0.15, -0.1) is 0 Å². The summed E-state index contributed by atoms with van der Waals surface area (Å²) in [6.07, 6.45) is 9.52. The van der Waals surface area contributed by atoms with Gasteiger partial charge in [-0.1, -0.05) is 52.3 Å². The number of allylic oxidation sites excluding steroid dienone is 2. The van der Waals surface area contributed by atoms with Crippen LogP contribution in [0.25, 0.3) is 16.8 Å². The van der Waals surface area contributed by atoms with Crippen LogP contribution in [0.3, 0.4) is 0 Å². The Morgan fingerprint density at radius 2 is 1.84 bits per heavy atom. The molecule has 0 bridgehead atoms. The summed E-state index contributed by atoms with van der Waals surface area (Å²) >= 11 is 0. The molecule has 0 spiro atoms. The fourth-order valence-electron chi connectivity index (χ4n) is 6.54. The van der Waals surface area contributed by atoms with Crippen LogP contribution in [0.5, 0.6) is 0 Å². The monoisotopic (exact) mass is 500 g/mol. The molecule has 37 heavy (non-hydrogen) atoms. The van der Waals surface area contributed by atoms with Crippen LogP contribution in [-0.4, -0.2) is 51.8 Å². The molecular weight excluding hydrogens is 456 g/mol. The molecular formula is C32H44N4O. The van der Waals surface area contributed by atoms with E-state index < -0.39 is 0 Å². The molecule has 198 valence electrons. The van der Waals surface area contributed by atoms with Crippen LogP contribution in [-0.2, 0) is 11.2 Å². The first-order chi connectivity index (χ1) is 17.9. The van der Waals surface area contributed by atoms with Gasteiger partial charge in [0.1, 0.15) is 6.33 Å². The Balaban J connectivity index is 1.58. The lowest BCUT2D eigenvalue weighted by Gasteiger charge is -2.41. The number of piperidine rings is 1. The number of aromatic nitrogens is 3. The molecule has 0 N–H and O–H groups in total. The van der Waals surface area contributed by atoms with Gasteiger partial charge in [0.25, 0.3) is 0 Å². The van der Waals surface area contributed by atoms with Crippen molar-refractivity contribution in [3.05, 3.63) is 64.1 Å². The zero-order chi connectivity index (χ0) is 26.1. The van der Waals surface area contributed by atoms with Crippen LogP contribution in [0, 0.1) is 19.8 Å². The number of nitrogens with zero attached hydrogens (tertiary/aromatic N) is 4. The van der Waals surface area contributed by atoms with E-state index >= 15 is 0 Å². The van der Waals surface area contributed by atoms with Gasteiger partial charge in [0, 0.05) is 11.8 Å². The van der Waals surface area contributed by atoms with Gasteiger partial charge in [0.15, 0.2) is 5.65 Å². The Morgan fingerprint density at radius 3 is 2.46 bits per heavy atom. The number of benzene rings is 1. The van der Waals surface area contributed by atoms with Crippen LogP contribution >= 0.6 is 0 Å². The average Bonchev–Trinajstić information content (AvgIpc) is 3.32. The van der Waals surface area contributed by atoms with Gasteiger partial charge in [0.2, 0.25) is 0 Å². The minimum Gasteiger partial charge on any atom is -0.378 e. The highest BCUT2D eigenvalue weighted by Crippen LogP contribution is 2.40. The lowest BCUT2D eigenvalue weighted by Crippen LogP contribution is -2.51. The molecule has 5 heteroatoms. The van der Waals surface area contributed by atoms with Crippen LogP contribution in [0.15, 0.2) is 30.7 Å². The van der Waals surface area contributed by atoms with Crippen molar-refractivity contribution in [3.63, 3.8) is 0 Å². The van der Waals surface area contributed by atoms with Crippen molar-refractivity contribution < 1.29 is 4.74 Å². The second-order valence-corrected chi connectivity index (χ2v) is 11.4. The molecule has 5 rings (SSSR count). The molecule has 0 unspecified atom stereocenters. The highest BCUT2D eigenvalue weighted by Gasteiger charge is 2.30. The largest absolute Gasteiger partial charge is 0.378 e. The lowest BCUT2D eigenvalue weighted by atomic mass is 9.80. The fraction of sp³-hybridized carbons (Fsp3) is 0.562.